The van der Waals surface area contributed by atoms with Crippen LogP contribution in [0, 0.1) is 5.82 Å². The molecule has 2 amide bonds. The van der Waals surface area contributed by atoms with Crippen molar-refractivity contribution < 1.29 is 18.7 Å². The van der Waals surface area contributed by atoms with E-state index in [0.29, 0.717) is 41.3 Å². The number of anilines is 1. The summed E-state index contributed by atoms with van der Waals surface area (Å²) >= 11 is 0. The Hall–Kier alpha value is -3.69. The fourth-order valence-corrected chi connectivity index (χ4v) is 2.82. The molecule has 9 nitrogen and oxygen atoms in total. The van der Waals surface area contributed by atoms with Crippen LogP contribution in [0.5, 0.6) is 5.75 Å². The Bertz CT molecular complexity index is 1020. The summed E-state index contributed by atoms with van der Waals surface area (Å²) in [5.74, 6) is 0.521. The van der Waals surface area contributed by atoms with E-state index in [-0.39, 0.29) is 24.4 Å². The maximum absolute atomic E-state index is 13.7. The van der Waals surface area contributed by atoms with Crippen LogP contribution in [0.4, 0.5) is 10.2 Å². The fourth-order valence-electron chi connectivity index (χ4n) is 2.82. The Morgan fingerprint density at radius 2 is 2.17 bits per heavy atom. The van der Waals surface area contributed by atoms with E-state index >= 15 is 0 Å². The largest absolute Gasteiger partial charge is 0.491 e. The van der Waals surface area contributed by atoms with Crippen molar-refractivity contribution in [3.8, 4) is 5.75 Å². The van der Waals surface area contributed by atoms with Gasteiger partial charge in [0.2, 0.25) is 6.41 Å². The number of rotatable bonds is 1. The Morgan fingerprint density at radius 1 is 1.38 bits per heavy atom. The quantitative estimate of drug-likeness (QED) is 0.535. The van der Waals surface area contributed by atoms with Crippen LogP contribution in [0.2, 0.25) is 0 Å². The van der Waals surface area contributed by atoms with E-state index < -0.39 is 0 Å². The van der Waals surface area contributed by atoms with E-state index in [1.54, 1.807) is 25.4 Å². The van der Waals surface area contributed by atoms with Gasteiger partial charge < -0.3 is 20.7 Å². The van der Waals surface area contributed by atoms with E-state index in [1.807, 2.05) is 6.92 Å². The highest BCUT2D eigenvalue weighted by Gasteiger charge is 2.18. The second kappa shape index (κ2) is 9.00. The monoisotopic (exact) mass is 400 g/mol. The molecule has 0 spiro atoms. The third kappa shape index (κ3) is 4.60. The fraction of sp³-hybridized carbons (Fsp3) is 0.263. The lowest BCUT2D eigenvalue weighted by atomic mass is 10.1. The van der Waals surface area contributed by atoms with Crippen LogP contribution in [0.3, 0.4) is 0 Å². The van der Waals surface area contributed by atoms with Gasteiger partial charge in [0.15, 0.2) is 5.65 Å². The molecule has 0 radical (unpaired) electrons. The van der Waals surface area contributed by atoms with Crippen LogP contribution in [-0.2, 0) is 4.79 Å². The number of halogens is 1. The number of carbonyl (C=O) groups excluding carboxylic acids is 2. The first kappa shape index (κ1) is 20.1. The second-order valence-electron chi connectivity index (χ2n) is 6.20. The molecule has 2 aromatic heterocycles. The van der Waals surface area contributed by atoms with E-state index in [9.17, 15) is 9.18 Å². The molecule has 1 aromatic carbocycles. The van der Waals surface area contributed by atoms with Gasteiger partial charge in [-0.3, -0.25) is 9.59 Å². The summed E-state index contributed by atoms with van der Waals surface area (Å²) in [6, 6.07) is 5.89. The first-order chi connectivity index (χ1) is 14.0. The zero-order valence-electron chi connectivity index (χ0n) is 16.0. The molecule has 2 bridgehead atoms. The van der Waals surface area contributed by atoms with E-state index in [2.05, 4.69) is 26.0 Å². The van der Waals surface area contributed by atoms with Crippen LogP contribution in [0.25, 0.3) is 5.65 Å². The van der Waals surface area contributed by atoms with Gasteiger partial charge in [-0.2, -0.15) is 5.10 Å². The van der Waals surface area contributed by atoms with Crippen molar-refractivity contribution in [2.24, 2.45) is 0 Å². The number of ether oxygens (including phenoxy) is 1. The standard InChI is InChI=1S/C17H16FN5O2.C2H5NO/c1-10-12-8-11(18)2-3-14(12)25-7-5-19-17(24)13-9-20-23-6-4-15(21-10)22-16(13)23;1-3-2-4/h2-4,6,8-10H,5,7H2,1H3,(H,19,24)(H,21,22);2H,1H3,(H,3,4). The summed E-state index contributed by atoms with van der Waals surface area (Å²) in [4.78, 5) is 25.9. The topological polar surface area (TPSA) is 110 Å². The summed E-state index contributed by atoms with van der Waals surface area (Å²) in [7, 11) is 1.56. The summed E-state index contributed by atoms with van der Waals surface area (Å²) in [5.41, 5.74) is 1.52. The van der Waals surface area contributed by atoms with Crippen molar-refractivity contribution in [1.82, 2.24) is 25.2 Å². The zero-order chi connectivity index (χ0) is 20.8. The number of fused-ring (bicyclic) bond motifs is 2. The zero-order valence-corrected chi connectivity index (χ0v) is 16.0. The number of hydrogen-bond donors (Lipinski definition) is 3. The highest BCUT2D eigenvalue weighted by Crippen LogP contribution is 2.28. The molecule has 1 unspecified atom stereocenters. The van der Waals surface area contributed by atoms with Crippen LogP contribution in [0.15, 0.2) is 36.7 Å². The lowest BCUT2D eigenvalue weighted by molar-refractivity contribution is -0.109. The minimum atomic E-state index is -0.338. The third-order valence-corrected chi connectivity index (χ3v) is 4.18. The van der Waals surface area contributed by atoms with Gasteiger partial charge in [0.1, 0.15) is 29.6 Å². The maximum Gasteiger partial charge on any atom is 0.256 e. The van der Waals surface area contributed by atoms with Crippen molar-refractivity contribution in [2.75, 3.05) is 25.5 Å². The molecule has 152 valence electrons. The lowest BCUT2D eigenvalue weighted by Gasteiger charge is -2.19. The maximum atomic E-state index is 13.7. The number of hydrogen-bond acceptors (Lipinski definition) is 6. The molecule has 0 saturated heterocycles. The Labute approximate surface area is 166 Å². The number of benzene rings is 1. The molecular formula is C19H21FN6O3. The molecule has 0 fully saturated rings. The van der Waals surface area contributed by atoms with Gasteiger partial charge in [0, 0.05) is 18.8 Å². The summed E-state index contributed by atoms with van der Waals surface area (Å²) < 4.78 is 21.0. The predicted molar refractivity (Wildman–Crippen MR) is 104 cm³/mol. The van der Waals surface area contributed by atoms with Crippen LogP contribution >= 0.6 is 0 Å². The second-order valence-corrected chi connectivity index (χ2v) is 6.20. The summed E-state index contributed by atoms with van der Waals surface area (Å²) in [6.45, 7) is 2.48. The summed E-state index contributed by atoms with van der Waals surface area (Å²) in [6.07, 6.45) is 3.83. The minimum absolute atomic E-state index is 0.239. The van der Waals surface area contributed by atoms with Crippen molar-refractivity contribution in [3.63, 3.8) is 0 Å². The van der Waals surface area contributed by atoms with Crippen LogP contribution < -0.4 is 20.7 Å². The average Bonchev–Trinajstić information content (AvgIpc) is 3.14. The van der Waals surface area contributed by atoms with E-state index in [0.717, 1.165) is 0 Å². The Balaban J connectivity index is 0.000000552. The highest BCUT2D eigenvalue weighted by atomic mass is 19.1. The van der Waals surface area contributed by atoms with Crippen molar-refractivity contribution in [1.29, 1.82) is 0 Å². The number of aromatic nitrogens is 3. The van der Waals surface area contributed by atoms with E-state index in [4.69, 9.17) is 9.53 Å². The van der Waals surface area contributed by atoms with Crippen molar-refractivity contribution >= 4 is 23.8 Å². The minimum Gasteiger partial charge on any atom is -0.491 e. The van der Waals surface area contributed by atoms with Crippen LogP contribution in [-0.4, -0.2) is 47.1 Å². The molecule has 4 rings (SSSR count). The average molecular weight is 400 g/mol. The molecule has 29 heavy (non-hydrogen) atoms. The molecular weight excluding hydrogens is 379 g/mol. The summed E-state index contributed by atoms with van der Waals surface area (Å²) in [5, 5.41) is 12.4. The number of carbonyl (C=O) groups is 2. The molecule has 1 aliphatic rings. The third-order valence-electron chi connectivity index (χ3n) is 4.18. The predicted octanol–water partition coefficient (Wildman–Crippen LogP) is 1.53. The molecule has 3 aromatic rings. The SMILES string of the molecule is CC1Nc2ccn3ncc(c3n2)C(=O)NCCOc2ccc(F)cc21.CNC=O. The molecule has 3 N–H and O–H groups in total. The van der Waals surface area contributed by atoms with E-state index in [1.165, 1.54) is 22.8 Å². The number of amides is 2. The van der Waals surface area contributed by atoms with Gasteiger partial charge in [-0.1, -0.05) is 0 Å². The van der Waals surface area contributed by atoms with Crippen LogP contribution in [0.1, 0.15) is 28.9 Å². The van der Waals surface area contributed by atoms with Gasteiger partial charge in [-0.25, -0.2) is 13.9 Å². The molecule has 1 atom stereocenters. The number of nitrogens with one attached hydrogen (secondary N) is 3. The van der Waals surface area contributed by atoms with Gasteiger partial charge in [0.05, 0.1) is 18.8 Å². The lowest BCUT2D eigenvalue weighted by Crippen LogP contribution is -2.28. The highest BCUT2D eigenvalue weighted by molar-refractivity contribution is 5.99. The Morgan fingerprint density at radius 3 is 2.93 bits per heavy atom. The Kier molecular flexibility index (Phi) is 6.22. The van der Waals surface area contributed by atoms with Crippen molar-refractivity contribution in [2.45, 2.75) is 13.0 Å². The van der Waals surface area contributed by atoms with Gasteiger partial charge >= 0.3 is 0 Å². The van der Waals surface area contributed by atoms with Gasteiger partial charge in [0.25, 0.3) is 5.91 Å². The first-order valence-electron chi connectivity index (χ1n) is 8.95. The first-order valence-corrected chi connectivity index (χ1v) is 8.95. The van der Waals surface area contributed by atoms with Gasteiger partial charge in [-0.15, -0.1) is 0 Å². The molecule has 1 aliphatic heterocycles. The normalized spacial score (nSPS) is 15.8. The van der Waals surface area contributed by atoms with Gasteiger partial charge in [-0.05, 0) is 31.2 Å². The molecule has 3 heterocycles. The smallest absolute Gasteiger partial charge is 0.256 e. The molecule has 0 aliphatic carbocycles. The molecule has 0 saturated carbocycles. The number of nitrogens with zero attached hydrogens (tertiary/aromatic N) is 3. The molecule has 10 heteroatoms. The van der Waals surface area contributed by atoms with Crippen molar-refractivity contribution in [3.05, 3.63) is 53.6 Å².